The van der Waals surface area contributed by atoms with E-state index in [2.05, 4.69) is 15.0 Å². The molecule has 1 aromatic carbocycles. The number of rotatable bonds is 3. The van der Waals surface area contributed by atoms with Crippen LogP contribution in [0.1, 0.15) is 16.8 Å². The molecule has 0 saturated carbocycles. The third kappa shape index (κ3) is 3.21. The van der Waals surface area contributed by atoms with Crippen molar-refractivity contribution in [1.82, 2.24) is 19.9 Å². The van der Waals surface area contributed by atoms with Gasteiger partial charge in [0.25, 0.3) is 5.56 Å². The predicted molar refractivity (Wildman–Crippen MR) is 92.3 cm³/mol. The van der Waals surface area contributed by atoms with Crippen LogP contribution in [-0.4, -0.2) is 26.4 Å². The molecule has 3 aromatic rings. The van der Waals surface area contributed by atoms with Crippen LogP contribution in [0.2, 0.25) is 0 Å². The van der Waals surface area contributed by atoms with Gasteiger partial charge in [0.2, 0.25) is 5.95 Å². The highest BCUT2D eigenvalue weighted by Crippen LogP contribution is 2.20. The molecule has 1 N–H and O–H groups in total. The van der Waals surface area contributed by atoms with Crippen molar-refractivity contribution in [3.8, 4) is 11.4 Å². The first-order valence-electron chi connectivity index (χ1n) is 8.20. The Morgan fingerprint density at radius 2 is 2.00 bits per heavy atom. The van der Waals surface area contributed by atoms with Crippen molar-refractivity contribution < 1.29 is 4.39 Å². The minimum absolute atomic E-state index is 0.125. The zero-order valence-electron chi connectivity index (χ0n) is 13.6. The molecule has 6 heteroatoms. The van der Waals surface area contributed by atoms with Crippen molar-refractivity contribution >= 4 is 0 Å². The maximum atomic E-state index is 13.7. The van der Waals surface area contributed by atoms with Gasteiger partial charge in [-0.2, -0.15) is 4.39 Å². The normalized spacial score (nSPS) is 14.3. The van der Waals surface area contributed by atoms with Crippen molar-refractivity contribution in [3.63, 3.8) is 0 Å². The van der Waals surface area contributed by atoms with E-state index in [-0.39, 0.29) is 5.56 Å². The summed E-state index contributed by atoms with van der Waals surface area (Å²) in [7, 11) is 0. The average Bonchev–Trinajstić information content (AvgIpc) is 2.65. The summed E-state index contributed by atoms with van der Waals surface area (Å²) in [4.78, 5) is 25.7. The molecule has 0 spiro atoms. The lowest BCUT2D eigenvalue weighted by Gasteiger charge is -2.27. The van der Waals surface area contributed by atoms with Crippen molar-refractivity contribution in [2.75, 3.05) is 6.54 Å². The topological polar surface area (TPSA) is 61.9 Å². The maximum absolute atomic E-state index is 13.7. The lowest BCUT2D eigenvalue weighted by molar-refractivity contribution is 0.237. The van der Waals surface area contributed by atoms with E-state index in [4.69, 9.17) is 0 Å². The number of hydrogen-bond donors (Lipinski definition) is 1. The summed E-state index contributed by atoms with van der Waals surface area (Å²) >= 11 is 0. The van der Waals surface area contributed by atoms with Gasteiger partial charge < -0.3 is 4.98 Å². The Kier molecular flexibility index (Phi) is 4.11. The Balaban J connectivity index is 1.60. The summed E-state index contributed by atoms with van der Waals surface area (Å²) in [5.41, 5.74) is 2.79. The number of fused-ring (bicyclic) bond motifs is 1. The van der Waals surface area contributed by atoms with E-state index in [9.17, 15) is 9.18 Å². The molecule has 0 unspecified atom stereocenters. The van der Waals surface area contributed by atoms with Crippen LogP contribution in [0.15, 0.2) is 53.5 Å². The summed E-state index contributed by atoms with van der Waals surface area (Å²) in [6, 6.07) is 13.0. The summed E-state index contributed by atoms with van der Waals surface area (Å²) in [5, 5.41) is 0. The van der Waals surface area contributed by atoms with E-state index < -0.39 is 5.95 Å². The number of benzene rings is 1. The van der Waals surface area contributed by atoms with Gasteiger partial charge in [-0.05, 0) is 6.07 Å². The third-order valence-corrected chi connectivity index (χ3v) is 4.43. The Morgan fingerprint density at radius 1 is 1.16 bits per heavy atom. The SMILES string of the molecule is O=c1[nH]c(-c2ccccc2)nc2c1CN(Cc1cccnc1F)CC2. The molecule has 2 aromatic heterocycles. The van der Waals surface area contributed by atoms with Crippen LogP contribution in [-0.2, 0) is 19.5 Å². The minimum atomic E-state index is -0.459. The highest BCUT2D eigenvalue weighted by atomic mass is 19.1. The fourth-order valence-electron chi connectivity index (χ4n) is 3.13. The zero-order valence-corrected chi connectivity index (χ0v) is 13.6. The summed E-state index contributed by atoms with van der Waals surface area (Å²) < 4.78 is 13.7. The number of nitrogens with zero attached hydrogens (tertiary/aromatic N) is 3. The molecule has 0 atom stereocenters. The van der Waals surface area contributed by atoms with Crippen LogP contribution in [0.3, 0.4) is 0 Å². The summed E-state index contributed by atoms with van der Waals surface area (Å²) in [5.74, 6) is 0.135. The number of nitrogens with one attached hydrogen (secondary N) is 1. The number of aromatic nitrogens is 3. The van der Waals surface area contributed by atoms with E-state index >= 15 is 0 Å². The second-order valence-corrected chi connectivity index (χ2v) is 6.12. The standard InChI is InChI=1S/C19H17FN4O/c20-17-14(7-4-9-21-17)11-24-10-8-16-15(12-24)19(25)23-18(22-16)13-5-2-1-3-6-13/h1-7,9H,8,10-12H2,(H,22,23,25). The van der Waals surface area contributed by atoms with E-state index in [0.717, 1.165) is 17.8 Å². The molecule has 0 radical (unpaired) electrons. The second kappa shape index (κ2) is 6.57. The van der Waals surface area contributed by atoms with Gasteiger partial charge in [-0.1, -0.05) is 36.4 Å². The first-order valence-corrected chi connectivity index (χ1v) is 8.20. The van der Waals surface area contributed by atoms with Gasteiger partial charge in [0, 0.05) is 43.4 Å². The molecule has 1 aliphatic rings. The average molecular weight is 336 g/mol. The Bertz CT molecular complexity index is 955. The number of aromatic amines is 1. The van der Waals surface area contributed by atoms with Crippen LogP contribution in [0, 0.1) is 5.95 Å². The predicted octanol–water partition coefficient (Wildman–Crippen LogP) is 2.53. The van der Waals surface area contributed by atoms with Crippen LogP contribution >= 0.6 is 0 Å². The van der Waals surface area contributed by atoms with Gasteiger partial charge in [-0.15, -0.1) is 0 Å². The van der Waals surface area contributed by atoms with E-state index in [0.29, 0.717) is 36.5 Å². The molecule has 0 amide bonds. The highest BCUT2D eigenvalue weighted by molar-refractivity contribution is 5.54. The number of H-pyrrole nitrogens is 1. The first kappa shape index (κ1) is 15.7. The molecule has 3 heterocycles. The van der Waals surface area contributed by atoms with Gasteiger partial charge in [0.1, 0.15) is 5.82 Å². The second-order valence-electron chi connectivity index (χ2n) is 6.12. The number of halogens is 1. The van der Waals surface area contributed by atoms with Crippen LogP contribution in [0.4, 0.5) is 4.39 Å². The fourth-order valence-corrected chi connectivity index (χ4v) is 3.13. The van der Waals surface area contributed by atoms with Crippen molar-refractivity contribution in [2.45, 2.75) is 19.5 Å². The van der Waals surface area contributed by atoms with E-state index in [1.54, 1.807) is 12.1 Å². The van der Waals surface area contributed by atoms with Crippen LogP contribution < -0.4 is 5.56 Å². The molecule has 126 valence electrons. The quantitative estimate of drug-likeness (QED) is 0.747. The van der Waals surface area contributed by atoms with Crippen molar-refractivity contribution in [2.24, 2.45) is 0 Å². The van der Waals surface area contributed by atoms with E-state index in [1.165, 1.54) is 6.20 Å². The smallest absolute Gasteiger partial charge is 0.255 e. The lowest BCUT2D eigenvalue weighted by atomic mass is 10.1. The molecule has 0 bridgehead atoms. The summed E-state index contributed by atoms with van der Waals surface area (Å²) in [6.07, 6.45) is 2.10. The number of hydrogen-bond acceptors (Lipinski definition) is 4. The Morgan fingerprint density at radius 3 is 2.80 bits per heavy atom. The molecule has 5 nitrogen and oxygen atoms in total. The van der Waals surface area contributed by atoms with E-state index in [1.807, 2.05) is 35.2 Å². The molecule has 4 rings (SSSR count). The van der Waals surface area contributed by atoms with Gasteiger partial charge >= 0.3 is 0 Å². The van der Waals surface area contributed by atoms with Gasteiger partial charge in [-0.3, -0.25) is 9.69 Å². The van der Waals surface area contributed by atoms with Gasteiger partial charge in [0.05, 0.1) is 11.3 Å². The van der Waals surface area contributed by atoms with Crippen molar-refractivity contribution in [3.05, 3.63) is 81.8 Å². The molecule has 1 aliphatic heterocycles. The third-order valence-electron chi connectivity index (χ3n) is 4.43. The van der Waals surface area contributed by atoms with Crippen molar-refractivity contribution in [1.29, 1.82) is 0 Å². The monoisotopic (exact) mass is 336 g/mol. The maximum Gasteiger partial charge on any atom is 0.255 e. The molecular weight excluding hydrogens is 319 g/mol. The van der Waals surface area contributed by atoms with Crippen LogP contribution in [0.25, 0.3) is 11.4 Å². The summed E-state index contributed by atoms with van der Waals surface area (Å²) in [6.45, 7) is 1.62. The molecule has 0 fully saturated rings. The highest BCUT2D eigenvalue weighted by Gasteiger charge is 2.22. The molecular formula is C19H17FN4O. The Labute approximate surface area is 144 Å². The van der Waals surface area contributed by atoms with Gasteiger partial charge in [0.15, 0.2) is 0 Å². The largest absolute Gasteiger partial charge is 0.306 e. The van der Waals surface area contributed by atoms with Gasteiger partial charge in [-0.25, -0.2) is 9.97 Å². The number of pyridine rings is 1. The van der Waals surface area contributed by atoms with Crippen LogP contribution in [0.5, 0.6) is 0 Å². The zero-order chi connectivity index (χ0) is 17.2. The molecule has 25 heavy (non-hydrogen) atoms. The minimum Gasteiger partial charge on any atom is -0.306 e. The Hall–Kier alpha value is -2.86. The first-order chi connectivity index (χ1) is 12.2. The lowest BCUT2D eigenvalue weighted by Crippen LogP contribution is -2.35. The molecule has 0 saturated heterocycles. The fraction of sp³-hybridized carbons (Fsp3) is 0.211. The molecule has 0 aliphatic carbocycles.